The second-order valence-corrected chi connectivity index (χ2v) is 5.26. The van der Waals surface area contributed by atoms with Gasteiger partial charge in [0.1, 0.15) is 11.8 Å². The second-order valence-electron chi connectivity index (χ2n) is 5.26. The van der Waals surface area contributed by atoms with Crippen LogP contribution in [0.25, 0.3) is 0 Å². The van der Waals surface area contributed by atoms with Crippen LogP contribution in [0.3, 0.4) is 0 Å². The second kappa shape index (κ2) is 7.61. The molecule has 22 heavy (non-hydrogen) atoms. The Morgan fingerprint density at radius 1 is 1.14 bits per heavy atom. The third-order valence-corrected chi connectivity index (χ3v) is 3.75. The Bertz CT molecular complexity index is 613. The van der Waals surface area contributed by atoms with Crippen LogP contribution < -0.4 is 10.5 Å². The summed E-state index contributed by atoms with van der Waals surface area (Å²) in [5, 5.41) is 0. The molecule has 0 heterocycles. The molecule has 1 atom stereocenters. The summed E-state index contributed by atoms with van der Waals surface area (Å²) in [4.78, 5) is 13.8. The van der Waals surface area contributed by atoms with E-state index < -0.39 is 6.04 Å². The van der Waals surface area contributed by atoms with Gasteiger partial charge >= 0.3 is 0 Å². The van der Waals surface area contributed by atoms with Gasteiger partial charge in [0.05, 0.1) is 7.11 Å². The Morgan fingerprint density at radius 2 is 1.77 bits per heavy atom. The van der Waals surface area contributed by atoms with E-state index in [0.717, 1.165) is 23.3 Å². The highest BCUT2D eigenvalue weighted by Gasteiger charge is 2.22. The van der Waals surface area contributed by atoms with Crippen molar-refractivity contribution in [2.75, 3.05) is 20.7 Å². The summed E-state index contributed by atoms with van der Waals surface area (Å²) in [6.45, 7) is 0.711. The van der Waals surface area contributed by atoms with E-state index in [1.54, 1.807) is 7.11 Å². The number of ether oxygens (including phenoxy) is 1. The zero-order valence-electron chi connectivity index (χ0n) is 13.0. The summed E-state index contributed by atoms with van der Waals surface area (Å²) < 4.78 is 5.36. The first-order valence-electron chi connectivity index (χ1n) is 7.30. The minimum absolute atomic E-state index is 0.339. The summed E-state index contributed by atoms with van der Waals surface area (Å²) in [6.07, 6.45) is 0.789. The summed E-state index contributed by atoms with van der Waals surface area (Å²) in [7, 11) is 3.58. The van der Waals surface area contributed by atoms with Gasteiger partial charge in [-0.05, 0) is 30.7 Å². The monoisotopic (exact) mass is 298 g/mol. The van der Waals surface area contributed by atoms with E-state index in [1.807, 2.05) is 66.5 Å². The highest BCUT2D eigenvalue weighted by molar-refractivity contribution is 5.81. The van der Waals surface area contributed by atoms with Crippen molar-refractivity contribution >= 4 is 5.91 Å². The van der Waals surface area contributed by atoms with Crippen molar-refractivity contribution in [2.24, 2.45) is 5.73 Å². The van der Waals surface area contributed by atoms with Gasteiger partial charge in [0, 0.05) is 6.54 Å². The van der Waals surface area contributed by atoms with Gasteiger partial charge < -0.3 is 10.5 Å². The average molecular weight is 298 g/mol. The fraction of sp³-hybridized carbons (Fsp3) is 0.278. The third-order valence-electron chi connectivity index (χ3n) is 3.75. The molecular weight excluding hydrogens is 276 g/mol. The zero-order valence-corrected chi connectivity index (χ0v) is 13.0. The minimum Gasteiger partial charge on any atom is -0.496 e. The molecule has 1 amide bonds. The lowest BCUT2D eigenvalue weighted by atomic mass is 10.0. The largest absolute Gasteiger partial charge is 0.496 e. The van der Waals surface area contributed by atoms with E-state index in [0.29, 0.717) is 6.54 Å². The highest BCUT2D eigenvalue weighted by Crippen LogP contribution is 2.22. The number of amides is 1. The summed E-state index contributed by atoms with van der Waals surface area (Å²) in [5.74, 6) is 0.528. The molecule has 4 heteroatoms. The van der Waals surface area contributed by atoms with Gasteiger partial charge in [-0.15, -0.1) is 0 Å². The molecule has 2 N–H and O–H groups in total. The maximum Gasteiger partial charge on any atom is 0.239 e. The van der Waals surface area contributed by atoms with Gasteiger partial charge in [-0.3, -0.25) is 9.69 Å². The molecule has 0 spiro atoms. The van der Waals surface area contributed by atoms with Crippen LogP contribution >= 0.6 is 0 Å². The maximum absolute atomic E-state index is 11.8. The Morgan fingerprint density at radius 3 is 2.41 bits per heavy atom. The van der Waals surface area contributed by atoms with Gasteiger partial charge in [-0.25, -0.2) is 0 Å². The van der Waals surface area contributed by atoms with E-state index in [2.05, 4.69) is 0 Å². The number of nitrogens with two attached hydrogens (primary N) is 1. The number of primary amides is 1. The van der Waals surface area contributed by atoms with Crippen LogP contribution in [-0.4, -0.2) is 31.5 Å². The predicted octanol–water partition coefficient (Wildman–Crippen LogP) is 2.40. The molecule has 0 radical (unpaired) electrons. The van der Waals surface area contributed by atoms with Crippen LogP contribution in [-0.2, 0) is 11.2 Å². The Kier molecular flexibility index (Phi) is 5.55. The molecule has 0 unspecified atom stereocenters. The molecule has 0 aliphatic carbocycles. The maximum atomic E-state index is 11.8. The average Bonchev–Trinajstić information content (AvgIpc) is 2.54. The Balaban J connectivity index is 2.09. The lowest BCUT2D eigenvalue weighted by Crippen LogP contribution is -2.36. The third kappa shape index (κ3) is 3.86. The molecule has 0 saturated carbocycles. The van der Waals surface area contributed by atoms with Crippen LogP contribution in [0, 0.1) is 0 Å². The number of para-hydroxylation sites is 1. The molecule has 2 aromatic rings. The summed E-state index contributed by atoms with van der Waals surface area (Å²) in [5.41, 5.74) is 7.62. The smallest absolute Gasteiger partial charge is 0.239 e. The first-order chi connectivity index (χ1) is 10.6. The molecule has 0 aliphatic heterocycles. The van der Waals surface area contributed by atoms with Crippen molar-refractivity contribution in [2.45, 2.75) is 12.5 Å². The van der Waals surface area contributed by atoms with Gasteiger partial charge in [0.2, 0.25) is 5.91 Å². The molecule has 0 aliphatic rings. The molecule has 0 bridgehead atoms. The van der Waals surface area contributed by atoms with Crippen molar-refractivity contribution in [1.29, 1.82) is 0 Å². The van der Waals surface area contributed by atoms with Crippen molar-refractivity contribution in [3.8, 4) is 5.75 Å². The molecule has 0 saturated heterocycles. The quantitative estimate of drug-likeness (QED) is 0.854. The number of likely N-dealkylation sites (N-methyl/N-ethyl adjacent to an activating group) is 1. The van der Waals surface area contributed by atoms with E-state index in [9.17, 15) is 4.79 Å². The Hall–Kier alpha value is -2.33. The van der Waals surface area contributed by atoms with E-state index in [1.165, 1.54) is 0 Å². The minimum atomic E-state index is -0.420. The van der Waals surface area contributed by atoms with Gasteiger partial charge in [-0.1, -0.05) is 48.5 Å². The van der Waals surface area contributed by atoms with Gasteiger partial charge in [0.25, 0.3) is 0 Å². The number of carbonyl (C=O) groups excluding carboxylic acids is 1. The number of rotatable bonds is 7. The van der Waals surface area contributed by atoms with Crippen molar-refractivity contribution in [1.82, 2.24) is 4.90 Å². The van der Waals surface area contributed by atoms with Gasteiger partial charge in [-0.2, -0.15) is 0 Å². The molecule has 0 fully saturated rings. The van der Waals surface area contributed by atoms with E-state index >= 15 is 0 Å². The van der Waals surface area contributed by atoms with E-state index in [4.69, 9.17) is 10.5 Å². The lowest BCUT2D eigenvalue weighted by Gasteiger charge is -2.26. The SMILES string of the molecule is COc1ccccc1CCN(C)[C@H](C(N)=O)c1ccccc1. The molecule has 2 aromatic carbocycles. The number of benzene rings is 2. The normalized spacial score (nSPS) is 12.1. The van der Waals surface area contributed by atoms with Crippen LogP contribution in [0.15, 0.2) is 54.6 Å². The van der Waals surface area contributed by atoms with Crippen LogP contribution in [0.2, 0.25) is 0 Å². The first-order valence-corrected chi connectivity index (χ1v) is 7.30. The fourth-order valence-electron chi connectivity index (χ4n) is 2.61. The summed E-state index contributed by atoms with van der Waals surface area (Å²) in [6, 6.07) is 17.1. The van der Waals surface area contributed by atoms with Crippen molar-refractivity contribution in [3.63, 3.8) is 0 Å². The summed E-state index contributed by atoms with van der Waals surface area (Å²) >= 11 is 0. The lowest BCUT2D eigenvalue weighted by molar-refractivity contribution is -0.123. The van der Waals surface area contributed by atoms with Crippen LogP contribution in [0.1, 0.15) is 17.2 Å². The predicted molar refractivity (Wildman–Crippen MR) is 87.7 cm³/mol. The first kappa shape index (κ1) is 16.0. The van der Waals surface area contributed by atoms with E-state index in [-0.39, 0.29) is 5.91 Å². The van der Waals surface area contributed by atoms with Crippen molar-refractivity contribution in [3.05, 3.63) is 65.7 Å². The zero-order chi connectivity index (χ0) is 15.9. The Labute approximate surface area is 131 Å². The highest BCUT2D eigenvalue weighted by atomic mass is 16.5. The van der Waals surface area contributed by atoms with Crippen molar-refractivity contribution < 1.29 is 9.53 Å². The molecule has 2 rings (SSSR count). The molecular formula is C18H22N2O2. The number of carbonyl (C=O) groups is 1. The number of nitrogens with zero attached hydrogens (tertiary/aromatic N) is 1. The number of hydrogen-bond acceptors (Lipinski definition) is 3. The van der Waals surface area contributed by atoms with Gasteiger partial charge in [0.15, 0.2) is 0 Å². The topological polar surface area (TPSA) is 55.6 Å². The molecule has 116 valence electrons. The number of hydrogen-bond donors (Lipinski definition) is 1. The molecule has 4 nitrogen and oxygen atoms in total. The fourth-order valence-corrected chi connectivity index (χ4v) is 2.61. The van der Waals surface area contributed by atoms with Crippen LogP contribution in [0.5, 0.6) is 5.75 Å². The molecule has 0 aromatic heterocycles. The standard InChI is InChI=1S/C18H22N2O2/c1-20(13-12-14-8-6-7-11-16(14)22-2)17(18(19)21)15-9-4-3-5-10-15/h3-11,17H,12-13H2,1-2H3,(H2,19,21)/t17-/m0/s1. The van der Waals surface area contributed by atoms with Crippen LogP contribution in [0.4, 0.5) is 0 Å². The number of methoxy groups -OCH3 is 1.